The van der Waals surface area contributed by atoms with E-state index in [0.717, 1.165) is 35.5 Å². The van der Waals surface area contributed by atoms with Crippen molar-refractivity contribution in [3.8, 4) is 17.4 Å². The normalized spacial score (nSPS) is 12.9. The number of benzene rings is 1. The number of carbonyl (C=O) groups is 1. The number of ether oxygens (including phenoxy) is 2. The molecule has 150 valence electrons. The van der Waals surface area contributed by atoms with Crippen molar-refractivity contribution >= 4 is 5.91 Å². The zero-order chi connectivity index (χ0) is 20.1. The van der Waals surface area contributed by atoms with Gasteiger partial charge < -0.3 is 20.1 Å². The van der Waals surface area contributed by atoms with E-state index < -0.39 is 0 Å². The quantitative estimate of drug-likeness (QED) is 0.570. The highest BCUT2D eigenvalue weighted by atomic mass is 16.5. The molecule has 8 nitrogen and oxygen atoms in total. The first kappa shape index (κ1) is 18.9. The fraction of sp³-hybridized carbons (Fsp3) is 0.286. The second-order valence-electron chi connectivity index (χ2n) is 6.65. The number of hydrogen-bond donors (Lipinski definition) is 3. The highest BCUT2D eigenvalue weighted by Crippen LogP contribution is 2.23. The summed E-state index contributed by atoms with van der Waals surface area (Å²) in [4.78, 5) is 16.8. The summed E-state index contributed by atoms with van der Waals surface area (Å²) in [5.41, 5.74) is 3.32. The summed E-state index contributed by atoms with van der Waals surface area (Å²) in [5, 5.41) is 13.3. The van der Waals surface area contributed by atoms with Crippen LogP contribution in [0.4, 0.5) is 0 Å². The average Bonchev–Trinajstić information content (AvgIpc) is 3.18. The number of carbonyl (C=O) groups excluding carboxylic acids is 1. The van der Waals surface area contributed by atoms with Gasteiger partial charge in [0.05, 0.1) is 6.61 Å². The Kier molecular flexibility index (Phi) is 5.71. The molecule has 0 unspecified atom stereocenters. The summed E-state index contributed by atoms with van der Waals surface area (Å²) in [6, 6.07) is 11.0. The molecule has 29 heavy (non-hydrogen) atoms. The zero-order valence-electron chi connectivity index (χ0n) is 16.2. The number of amides is 1. The Morgan fingerprint density at radius 1 is 1.21 bits per heavy atom. The number of rotatable bonds is 7. The standard InChI is InChI=1S/C21H23N5O3/c1-2-28-15-3-5-16(6-4-15)29-19-11-14(7-10-23-19)12-24-21(27)20-17-13-22-9-8-18(17)25-26-20/h3-7,10-11,22H,2,8-9,12-13H2,1H3,(H,24,27)(H,25,26). The maximum Gasteiger partial charge on any atom is 0.272 e. The van der Waals surface area contributed by atoms with E-state index in [9.17, 15) is 4.79 Å². The number of nitrogens with zero attached hydrogens (tertiary/aromatic N) is 2. The van der Waals surface area contributed by atoms with Crippen LogP contribution in [0, 0.1) is 0 Å². The van der Waals surface area contributed by atoms with E-state index in [4.69, 9.17) is 9.47 Å². The molecular formula is C21H23N5O3. The molecule has 0 saturated heterocycles. The Balaban J connectivity index is 1.37. The van der Waals surface area contributed by atoms with Gasteiger partial charge in [0, 0.05) is 49.6 Å². The molecule has 1 amide bonds. The molecule has 8 heteroatoms. The number of fused-ring (bicyclic) bond motifs is 1. The van der Waals surface area contributed by atoms with Crippen molar-refractivity contribution in [2.45, 2.75) is 26.4 Å². The highest BCUT2D eigenvalue weighted by molar-refractivity contribution is 5.94. The first-order valence-corrected chi connectivity index (χ1v) is 9.63. The first-order valence-electron chi connectivity index (χ1n) is 9.63. The molecule has 1 aliphatic rings. The summed E-state index contributed by atoms with van der Waals surface area (Å²) in [5.74, 6) is 1.72. The average molecular weight is 393 g/mol. The Hall–Kier alpha value is -3.39. The van der Waals surface area contributed by atoms with Crippen molar-refractivity contribution in [1.82, 2.24) is 25.8 Å². The second-order valence-corrected chi connectivity index (χ2v) is 6.65. The third kappa shape index (κ3) is 4.55. The Morgan fingerprint density at radius 2 is 2.03 bits per heavy atom. The monoisotopic (exact) mass is 393 g/mol. The number of aromatic nitrogens is 3. The predicted molar refractivity (Wildman–Crippen MR) is 107 cm³/mol. The van der Waals surface area contributed by atoms with Crippen molar-refractivity contribution in [1.29, 1.82) is 0 Å². The lowest BCUT2D eigenvalue weighted by Gasteiger charge is -2.13. The van der Waals surface area contributed by atoms with Crippen LogP contribution >= 0.6 is 0 Å². The molecule has 1 aliphatic heterocycles. The molecule has 0 spiro atoms. The molecule has 0 atom stereocenters. The van der Waals surface area contributed by atoms with Gasteiger partial charge in [0.1, 0.15) is 11.5 Å². The van der Waals surface area contributed by atoms with Crippen molar-refractivity contribution in [3.63, 3.8) is 0 Å². The van der Waals surface area contributed by atoms with E-state index >= 15 is 0 Å². The van der Waals surface area contributed by atoms with E-state index in [1.807, 2.05) is 37.3 Å². The molecule has 4 rings (SSSR count). The second kappa shape index (κ2) is 8.74. The number of pyridine rings is 1. The van der Waals surface area contributed by atoms with Gasteiger partial charge in [-0.05, 0) is 42.8 Å². The lowest BCUT2D eigenvalue weighted by molar-refractivity contribution is 0.0944. The van der Waals surface area contributed by atoms with E-state index in [-0.39, 0.29) is 5.91 Å². The number of aromatic amines is 1. The van der Waals surface area contributed by atoms with Gasteiger partial charge in [-0.3, -0.25) is 9.89 Å². The number of nitrogens with one attached hydrogen (secondary N) is 3. The fourth-order valence-electron chi connectivity index (χ4n) is 3.19. The Morgan fingerprint density at radius 3 is 2.86 bits per heavy atom. The lowest BCUT2D eigenvalue weighted by atomic mass is 10.1. The summed E-state index contributed by atoms with van der Waals surface area (Å²) in [6.07, 6.45) is 2.51. The molecule has 3 heterocycles. The van der Waals surface area contributed by atoms with Crippen LogP contribution in [0.25, 0.3) is 0 Å². The van der Waals surface area contributed by atoms with Gasteiger partial charge in [-0.2, -0.15) is 5.10 Å². The molecule has 0 fully saturated rings. The SMILES string of the molecule is CCOc1ccc(Oc2cc(CNC(=O)c3n[nH]c4c3CNCC4)ccn2)cc1. The Bertz CT molecular complexity index is 984. The van der Waals surface area contributed by atoms with Crippen LogP contribution in [0.3, 0.4) is 0 Å². The van der Waals surface area contributed by atoms with E-state index in [2.05, 4.69) is 25.8 Å². The summed E-state index contributed by atoms with van der Waals surface area (Å²) in [6.45, 7) is 4.47. The van der Waals surface area contributed by atoms with Gasteiger partial charge in [-0.25, -0.2) is 4.98 Å². The minimum atomic E-state index is -0.197. The fourth-order valence-corrected chi connectivity index (χ4v) is 3.19. The number of hydrogen-bond acceptors (Lipinski definition) is 6. The molecule has 0 bridgehead atoms. The van der Waals surface area contributed by atoms with Gasteiger partial charge in [-0.15, -0.1) is 0 Å². The van der Waals surface area contributed by atoms with Crippen molar-refractivity contribution in [2.24, 2.45) is 0 Å². The largest absolute Gasteiger partial charge is 0.494 e. The van der Waals surface area contributed by atoms with Gasteiger partial charge in [0.25, 0.3) is 5.91 Å². The molecule has 0 aliphatic carbocycles. The molecule has 1 aromatic carbocycles. The summed E-state index contributed by atoms with van der Waals surface area (Å²) < 4.78 is 11.2. The van der Waals surface area contributed by atoms with E-state index in [0.29, 0.717) is 37.0 Å². The summed E-state index contributed by atoms with van der Waals surface area (Å²) in [7, 11) is 0. The molecule has 0 radical (unpaired) electrons. The molecule has 2 aromatic heterocycles. The minimum Gasteiger partial charge on any atom is -0.494 e. The maximum absolute atomic E-state index is 12.5. The zero-order valence-corrected chi connectivity index (χ0v) is 16.2. The van der Waals surface area contributed by atoms with Crippen LogP contribution in [0.1, 0.15) is 34.2 Å². The van der Waals surface area contributed by atoms with Crippen LogP contribution in [0.15, 0.2) is 42.6 Å². The van der Waals surface area contributed by atoms with E-state index in [1.54, 1.807) is 12.3 Å². The van der Waals surface area contributed by atoms with Crippen LogP contribution in [-0.4, -0.2) is 34.2 Å². The minimum absolute atomic E-state index is 0.197. The van der Waals surface area contributed by atoms with Crippen LogP contribution in [0.5, 0.6) is 17.4 Å². The topological polar surface area (TPSA) is 101 Å². The lowest BCUT2D eigenvalue weighted by Crippen LogP contribution is -2.28. The predicted octanol–water partition coefficient (Wildman–Crippen LogP) is 2.57. The van der Waals surface area contributed by atoms with Crippen LogP contribution < -0.4 is 20.1 Å². The van der Waals surface area contributed by atoms with Crippen molar-refractivity contribution in [3.05, 3.63) is 65.1 Å². The van der Waals surface area contributed by atoms with E-state index in [1.165, 1.54) is 0 Å². The van der Waals surface area contributed by atoms with Crippen LogP contribution in [-0.2, 0) is 19.5 Å². The maximum atomic E-state index is 12.5. The smallest absolute Gasteiger partial charge is 0.272 e. The summed E-state index contributed by atoms with van der Waals surface area (Å²) >= 11 is 0. The van der Waals surface area contributed by atoms with Gasteiger partial charge in [0.2, 0.25) is 5.88 Å². The van der Waals surface area contributed by atoms with Crippen molar-refractivity contribution in [2.75, 3.05) is 13.2 Å². The molecule has 0 saturated carbocycles. The van der Waals surface area contributed by atoms with Crippen molar-refractivity contribution < 1.29 is 14.3 Å². The highest BCUT2D eigenvalue weighted by Gasteiger charge is 2.21. The first-order chi connectivity index (χ1) is 14.2. The number of H-pyrrole nitrogens is 1. The van der Waals surface area contributed by atoms with Gasteiger partial charge in [-0.1, -0.05) is 0 Å². The van der Waals surface area contributed by atoms with Gasteiger partial charge >= 0.3 is 0 Å². The van der Waals surface area contributed by atoms with Gasteiger partial charge in [0.15, 0.2) is 5.69 Å². The molecule has 3 N–H and O–H groups in total. The molecule has 3 aromatic rings. The molecular weight excluding hydrogens is 370 g/mol. The van der Waals surface area contributed by atoms with Crippen LogP contribution in [0.2, 0.25) is 0 Å². The Labute approximate surface area is 168 Å². The third-order valence-electron chi connectivity index (χ3n) is 4.63. The third-order valence-corrected chi connectivity index (χ3v) is 4.63.